The van der Waals surface area contributed by atoms with Crippen LogP contribution in [0.25, 0.3) is 0 Å². The number of hydrogen-bond donors (Lipinski definition) is 1. The van der Waals surface area contributed by atoms with Crippen molar-refractivity contribution in [3.8, 4) is 0 Å². The average Bonchev–Trinajstić information content (AvgIpc) is 2.05. The van der Waals surface area contributed by atoms with Gasteiger partial charge in [-0.2, -0.15) is 0 Å². The molecule has 1 aromatic carbocycles. The van der Waals surface area contributed by atoms with Crippen LogP contribution >= 0.6 is 11.6 Å². The van der Waals surface area contributed by atoms with Crippen molar-refractivity contribution in [3.05, 3.63) is 35.4 Å². The smallest absolute Gasteiger partial charge is 0.0896 e. The van der Waals surface area contributed by atoms with Gasteiger partial charge in [-0.05, 0) is 19.4 Å². The highest BCUT2D eigenvalue weighted by Crippen LogP contribution is 2.27. The van der Waals surface area contributed by atoms with Gasteiger partial charge >= 0.3 is 0 Å². The molecule has 1 nitrogen and oxygen atoms in total. The van der Waals surface area contributed by atoms with E-state index in [1.807, 2.05) is 31.2 Å². The van der Waals surface area contributed by atoms with Gasteiger partial charge in [0.1, 0.15) is 0 Å². The summed E-state index contributed by atoms with van der Waals surface area (Å²) in [5.74, 6) is 0. The number of rotatable bonds is 2. The molecule has 0 bridgehead atoms. The zero-order valence-corrected chi connectivity index (χ0v) is 8.10. The fourth-order valence-electron chi connectivity index (χ4n) is 0.992. The monoisotopic (exact) mass is 184 g/mol. The lowest BCUT2D eigenvalue weighted by atomic mass is 10.0. The minimum atomic E-state index is -0.645. The summed E-state index contributed by atoms with van der Waals surface area (Å²) in [4.78, 5) is -0.645. The molecule has 0 aliphatic rings. The van der Waals surface area contributed by atoms with Crippen LogP contribution in [0.2, 0.25) is 0 Å². The van der Waals surface area contributed by atoms with Crippen LogP contribution in [0.15, 0.2) is 24.3 Å². The predicted octanol–water partition coefficient (Wildman–Crippen LogP) is 2.44. The molecule has 0 heterocycles. The molecule has 0 radical (unpaired) electrons. The second-order valence-electron chi connectivity index (χ2n) is 3.22. The molecule has 12 heavy (non-hydrogen) atoms. The number of aliphatic hydroxyl groups excluding tert-OH is 1. The van der Waals surface area contributed by atoms with Crippen molar-refractivity contribution in [2.45, 2.75) is 18.7 Å². The number of benzene rings is 1. The third-order valence-electron chi connectivity index (χ3n) is 1.95. The number of aryl methyl sites for hydroxylation is 1. The summed E-state index contributed by atoms with van der Waals surface area (Å²) < 4.78 is 0. The summed E-state index contributed by atoms with van der Waals surface area (Å²) in [5, 5.41) is 8.98. The number of aliphatic hydroxyl groups is 1. The van der Waals surface area contributed by atoms with Gasteiger partial charge in [0, 0.05) is 0 Å². The van der Waals surface area contributed by atoms with Gasteiger partial charge in [0.2, 0.25) is 0 Å². The van der Waals surface area contributed by atoms with E-state index in [-0.39, 0.29) is 6.61 Å². The summed E-state index contributed by atoms with van der Waals surface area (Å²) in [6.07, 6.45) is 0. The third-order valence-corrected chi connectivity index (χ3v) is 2.29. The normalized spacial score (nSPS) is 15.7. The van der Waals surface area contributed by atoms with Crippen LogP contribution in [0.3, 0.4) is 0 Å². The molecule has 0 saturated heterocycles. The Bertz CT molecular complexity index is 251. The largest absolute Gasteiger partial charge is 0.394 e. The maximum Gasteiger partial charge on any atom is 0.0896 e. The lowest BCUT2D eigenvalue weighted by molar-refractivity contribution is 0.254. The van der Waals surface area contributed by atoms with Crippen LogP contribution in [0.5, 0.6) is 0 Å². The van der Waals surface area contributed by atoms with E-state index in [9.17, 15) is 0 Å². The Morgan fingerprint density at radius 3 is 2.25 bits per heavy atom. The lowest BCUT2D eigenvalue weighted by Gasteiger charge is -2.19. The molecule has 0 aliphatic carbocycles. The van der Waals surface area contributed by atoms with Crippen LogP contribution in [-0.2, 0) is 4.87 Å². The molecule has 1 atom stereocenters. The summed E-state index contributed by atoms with van der Waals surface area (Å²) in [7, 11) is 0. The van der Waals surface area contributed by atoms with E-state index in [4.69, 9.17) is 16.7 Å². The van der Waals surface area contributed by atoms with Crippen LogP contribution < -0.4 is 0 Å². The van der Waals surface area contributed by atoms with E-state index in [1.54, 1.807) is 6.92 Å². The highest BCUT2D eigenvalue weighted by molar-refractivity contribution is 6.23. The van der Waals surface area contributed by atoms with Crippen molar-refractivity contribution in [2.75, 3.05) is 6.61 Å². The maximum absolute atomic E-state index is 8.98. The molecule has 0 saturated carbocycles. The zero-order chi connectivity index (χ0) is 9.19. The first-order valence-electron chi connectivity index (χ1n) is 3.93. The fraction of sp³-hybridized carbons (Fsp3) is 0.400. The second-order valence-corrected chi connectivity index (χ2v) is 4.06. The van der Waals surface area contributed by atoms with Gasteiger partial charge in [0.25, 0.3) is 0 Å². The summed E-state index contributed by atoms with van der Waals surface area (Å²) in [5.41, 5.74) is 2.15. The van der Waals surface area contributed by atoms with Gasteiger partial charge in [-0.3, -0.25) is 0 Å². The minimum absolute atomic E-state index is 0.0440. The SMILES string of the molecule is Cc1ccc(C(C)(Cl)CO)cc1. The standard InChI is InChI=1S/C10H13ClO/c1-8-3-5-9(6-4-8)10(2,11)7-12/h3-6,12H,7H2,1-2H3. The highest BCUT2D eigenvalue weighted by atomic mass is 35.5. The molecule has 0 spiro atoms. The van der Waals surface area contributed by atoms with Crippen LogP contribution in [-0.4, -0.2) is 11.7 Å². The molecule has 1 aromatic rings. The van der Waals surface area contributed by atoms with Gasteiger partial charge in [0.15, 0.2) is 0 Å². The van der Waals surface area contributed by atoms with Crippen molar-refractivity contribution >= 4 is 11.6 Å². The first-order valence-corrected chi connectivity index (χ1v) is 4.31. The number of halogens is 1. The Kier molecular flexibility index (Phi) is 2.76. The van der Waals surface area contributed by atoms with Gasteiger partial charge in [-0.25, -0.2) is 0 Å². The molecule has 0 aromatic heterocycles. The molecular weight excluding hydrogens is 172 g/mol. The van der Waals surface area contributed by atoms with E-state index in [2.05, 4.69) is 0 Å². The number of hydrogen-bond acceptors (Lipinski definition) is 1. The van der Waals surface area contributed by atoms with Crippen LogP contribution in [0, 0.1) is 6.92 Å². The van der Waals surface area contributed by atoms with E-state index in [0.717, 1.165) is 5.56 Å². The molecule has 1 N–H and O–H groups in total. The molecule has 66 valence electrons. The summed E-state index contributed by atoms with van der Waals surface area (Å²) in [6, 6.07) is 7.87. The molecule has 0 aliphatic heterocycles. The Balaban J connectivity index is 2.96. The summed E-state index contributed by atoms with van der Waals surface area (Å²) >= 11 is 6.05. The minimum Gasteiger partial charge on any atom is -0.394 e. The zero-order valence-electron chi connectivity index (χ0n) is 7.34. The first kappa shape index (κ1) is 9.56. The topological polar surface area (TPSA) is 20.2 Å². The van der Waals surface area contributed by atoms with Crippen molar-refractivity contribution < 1.29 is 5.11 Å². The van der Waals surface area contributed by atoms with Crippen molar-refractivity contribution in [2.24, 2.45) is 0 Å². The summed E-state index contributed by atoms with van der Waals surface area (Å²) in [6.45, 7) is 3.78. The van der Waals surface area contributed by atoms with Gasteiger partial charge in [-0.15, -0.1) is 11.6 Å². The predicted molar refractivity (Wildman–Crippen MR) is 51.5 cm³/mol. The van der Waals surface area contributed by atoms with Crippen molar-refractivity contribution in [1.82, 2.24) is 0 Å². The molecule has 0 amide bonds. The molecule has 1 rings (SSSR count). The first-order chi connectivity index (χ1) is 5.56. The fourth-order valence-corrected chi connectivity index (χ4v) is 1.12. The van der Waals surface area contributed by atoms with E-state index in [0.29, 0.717) is 0 Å². The Morgan fingerprint density at radius 2 is 1.83 bits per heavy atom. The third kappa shape index (κ3) is 1.99. The van der Waals surface area contributed by atoms with E-state index < -0.39 is 4.87 Å². The molecule has 2 heteroatoms. The van der Waals surface area contributed by atoms with E-state index >= 15 is 0 Å². The lowest BCUT2D eigenvalue weighted by Crippen LogP contribution is -2.18. The van der Waals surface area contributed by atoms with Gasteiger partial charge < -0.3 is 5.11 Å². The van der Waals surface area contributed by atoms with Crippen LogP contribution in [0.4, 0.5) is 0 Å². The molecular formula is C10H13ClO. The van der Waals surface area contributed by atoms with Gasteiger partial charge in [0.05, 0.1) is 11.5 Å². The van der Waals surface area contributed by atoms with Gasteiger partial charge in [-0.1, -0.05) is 29.8 Å². The second kappa shape index (κ2) is 3.46. The molecule has 0 fully saturated rings. The number of alkyl halides is 1. The molecule has 1 unspecified atom stereocenters. The highest BCUT2D eigenvalue weighted by Gasteiger charge is 2.21. The Morgan fingerprint density at radius 1 is 1.33 bits per heavy atom. The Hall–Kier alpha value is -0.530. The van der Waals surface area contributed by atoms with Crippen LogP contribution in [0.1, 0.15) is 18.1 Å². The average molecular weight is 185 g/mol. The van der Waals surface area contributed by atoms with Crippen molar-refractivity contribution in [3.63, 3.8) is 0 Å². The Labute approximate surface area is 78.0 Å². The quantitative estimate of drug-likeness (QED) is 0.701. The van der Waals surface area contributed by atoms with Crippen molar-refractivity contribution in [1.29, 1.82) is 0 Å². The van der Waals surface area contributed by atoms with E-state index in [1.165, 1.54) is 5.56 Å². The maximum atomic E-state index is 8.98.